The summed E-state index contributed by atoms with van der Waals surface area (Å²) >= 11 is 5.95. The Morgan fingerprint density at radius 3 is 2.46 bits per heavy atom. The van der Waals surface area contributed by atoms with E-state index in [1.54, 1.807) is 30.5 Å². The molecule has 0 heterocycles. The van der Waals surface area contributed by atoms with E-state index in [1.165, 1.54) is 5.56 Å². The van der Waals surface area contributed by atoms with Gasteiger partial charge in [-0.3, -0.25) is 4.79 Å². The molecule has 2 aromatic rings. The molecule has 0 bridgehead atoms. The van der Waals surface area contributed by atoms with Crippen LogP contribution in [0.4, 0.5) is 0 Å². The number of amides is 1. The summed E-state index contributed by atoms with van der Waals surface area (Å²) in [4.78, 5) is 11.7. The number of ether oxygens (including phenoxy) is 1. The molecule has 0 aliphatic carbocycles. The van der Waals surface area contributed by atoms with Crippen molar-refractivity contribution in [3.05, 3.63) is 64.7 Å². The van der Waals surface area contributed by atoms with Crippen LogP contribution in [0.15, 0.2) is 53.6 Å². The van der Waals surface area contributed by atoms with Gasteiger partial charge in [0.25, 0.3) is 5.91 Å². The first kappa shape index (κ1) is 18.0. The minimum absolute atomic E-state index is 0.111. The summed E-state index contributed by atoms with van der Waals surface area (Å²) in [5, 5.41) is 4.40. The standard InChI is InChI=1S/C19H21ClN2O2/c1-19(2,3)15-10-8-14(9-11-15)12-21-22-18(23)13-24-17-7-5-4-6-16(17)20/h4-12H,13H2,1-3H3,(H,22,23)/b21-12-. The molecular weight excluding hydrogens is 324 g/mol. The third-order valence-corrected chi connectivity index (χ3v) is 3.69. The molecule has 0 atom stereocenters. The van der Waals surface area contributed by atoms with Crippen LogP contribution in [0.25, 0.3) is 0 Å². The van der Waals surface area contributed by atoms with E-state index < -0.39 is 0 Å². The zero-order valence-electron chi connectivity index (χ0n) is 14.0. The van der Waals surface area contributed by atoms with Crippen molar-refractivity contribution >= 4 is 23.7 Å². The molecule has 0 saturated carbocycles. The molecule has 0 spiro atoms. The van der Waals surface area contributed by atoms with Crippen LogP contribution in [0.1, 0.15) is 31.9 Å². The van der Waals surface area contributed by atoms with Crippen LogP contribution in [0.5, 0.6) is 5.75 Å². The van der Waals surface area contributed by atoms with Gasteiger partial charge in [-0.15, -0.1) is 0 Å². The highest BCUT2D eigenvalue weighted by molar-refractivity contribution is 6.32. The Balaban J connectivity index is 1.83. The summed E-state index contributed by atoms with van der Waals surface area (Å²) in [6.07, 6.45) is 1.60. The fraction of sp³-hybridized carbons (Fsp3) is 0.263. The highest BCUT2D eigenvalue weighted by Crippen LogP contribution is 2.23. The van der Waals surface area contributed by atoms with Crippen LogP contribution >= 0.6 is 11.6 Å². The van der Waals surface area contributed by atoms with Gasteiger partial charge in [-0.1, -0.05) is 68.8 Å². The topological polar surface area (TPSA) is 50.7 Å². The quantitative estimate of drug-likeness (QED) is 0.653. The maximum absolute atomic E-state index is 11.7. The van der Waals surface area contributed by atoms with Gasteiger partial charge in [-0.2, -0.15) is 5.10 Å². The summed E-state index contributed by atoms with van der Waals surface area (Å²) in [6.45, 7) is 6.34. The molecule has 2 rings (SSSR count). The molecular formula is C19H21ClN2O2. The maximum Gasteiger partial charge on any atom is 0.277 e. The van der Waals surface area contributed by atoms with Gasteiger partial charge in [0.1, 0.15) is 5.75 Å². The van der Waals surface area contributed by atoms with Crippen molar-refractivity contribution in [3.63, 3.8) is 0 Å². The summed E-state index contributed by atoms with van der Waals surface area (Å²) in [7, 11) is 0. The van der Waals surface area contributed by atoms with Gasteiger partial charge in [0.05, 0.1) is 11.2 Å². The molecule has 0 saturated heterocycles. The number of hydrazone groups is 1. The molecule has 126 valence electrons. The monoisotopic (exact) mass is 344 g/mol. The SMILES string of the molecule is CC(C)(C)c1ccc(/C=N\NC(=O)COc2ccccc2Cl)cc1. The normalized spacial score (nSPS) is 11.5. The first-order valence-electron chi connectivity index (χ1n) is 7.66. The maximum atomic E-state index is 11.7. The number of hydrogen-bond acceptors (Lipinski definition) is 3. The smallest absolute Gasteiger partial charge is 0.277 e. The highest BCUT2D eigenvalue weighted by atomic mass is 35.5. The van der Waals surface area contributed by atoms with Crippen molar-refractivity contribution in [2.24, 2.45) is 5.10 Å². The summed E-state index contributed by atoms with van der Waals surface area (Å²) < 4.78 is 5.34. The Bertz CT molecular complexity index is 719. The van der Waals surface area contributed by atoms with E-state index in [2.05, 4.69) is 43.4 Å². The van der Waals surface area contributed by atoms with Crippen molar-refractivity contribution in [1.82, 2.24) is 5.43 Å². The van der Waals surface area contributed by atoms with E-state index >= 15 is 0 Å². The molecule has 0 unspecified atom stereocenters. The number of carbonyl (C=O) groups is 1. The number of nitrogens with one attached hydrogen (secondary N) is 1. The molecule has 24 heavy (non-hydrogen) atoms. The van der Waals surface area contributed by atoms with Gasteiger partial charge in [0, 0.05) is 0 Å². The lowest BCUT2D eigenvalue weighted by Gasteiger charge is -2.18. The van der Waals surface area contributed by atoms with Crippen LogP contribution in [0.3, 0.4) is 0 Å². The number of hydrogen-bond donors (Lipinski definition) is 1. The van der Waals surface area contributed by atoms with E-state index in [-0.39, 0.29) is 17.9 Å². The first-order chi connectivity index (χ1) is 11.4. The Morgan fingerprint density at radius 2 is 1.83 bits per heavy atom. The Hall–Kier alpha value is -2.33. The lowest BCUT2D eigenvalue weighted by Crippen LogP contribution is -2.24. The van der Waals surface area contributed by atoms with E-state index in [0.29, 0.717) is 10.8 Å². The van der Waals surface area contributed by atoms with Gasteiger partial charge < -0.3 is 4.74 Å². The van der Waals surface area contributed by atoms with Crippen LogP contribution in [0, 0.1) is 0 Å². The summed E-state index contributed by atoms with van der Waals surface area (Å²) in [6, 6.07) is 15.0. The zero-order valence-corrected chi connectivity index (χ0v) is 14.8. The largest absolute Gasteiger partial charge is 0.482 e. The van der Waals surface area contributed by atoms with Gasteiger partial charge in [0.2, 0.25) is 0 Å². The third-order valence-electron chi connectivity index (χ3n) is 3.37. The van der Waals surface area contributed by atoms with E-state index in [1.807, 2.05) is 12.1 Å². The molecule has 0 radical (unpaired) electrons. The third kappa shape index (κ3) is 5.39. The lowest BCUT2D eigenvalue weighted by atomic mass is 9.87. The number of benzene rings is 2. The molecule has 0 aromatic heterocycles. The predicted molar refractivity (Wildman–Crippen MR) is 97.8 cm³/mol. The number of nitrogens with zero attached hydrogens (tertiary/aromatic N) is 1. The molecule has 0 fully saturated rings. The fourth-order valence-corrected chi connectivity index (χ4v) is 2.18. The van der Waals surface area contributed by atoms with Crippen molar-refractivity contribution in [2.75, 3.05) is 6.61 Å². The summed E-state index contributed by atoms with van der Waals surface area (Å²) in [5.74, 6) is 0.119. The average molecular weight is 345 g/mol. The number of para-hydroxylation sites is 1. The number of rotatable bonds is 5. The van der Waals surface area contributed by atoms with Crippen LogP contribution in [0.2, 0.25) is 5.02 Å². The average Bonchev–Trinajstić information content (AvgIpc) is 2.54. The van der Waals surface area contributed by atoms with Crippen LogP contribution in [-0.2, 0) is 10.2 Å². The Kier molecular flexibility index (Phi) is 5.99. The van der Waals surface area contributed by atoms with Crippen molar-refractivity contribution in [2.45, 2.75) is 26.2 Å². The number of halogens is 1. The first-order valence-corrected chi connectivity index (χ1v) is 8.04. The van der Waals surface area contributed by atoms with Crippen molar-refractivity contribution < 1.29 is 9.53 Å². The van der Waals surface area contributed by atoms with E-state index in [9.17, 15) is 4.79 Å². The lowest BCUT2D eigenvalue weighted by molar-refractivity contribution is -0.123. The Morgan fingerprint density at radius 1 is 1.17 bits per heavy atom. The molecule has 0 aliphatic rings. The van der Waals surface area contributed by atoms with Gasteiger partial charge >= 0.3 is 0 Å². The van der Waals surface area contributed by atoms with Crippen molar-refractivity contribution in [1.29, 1.82) is 0 Å². The molecule has 1 N–H and O–H groups in total. The van der Waals surface area contributed by atoms with Crippen LogP contribution < -0.4 is 10.2 Å². The summed E-state index contributed by atoms with van der Waals surface area (Å²) in [5.41, 5.74) is 4.70. The molecule has 2 aromatic carbocycles. The minimum Gasteiger partial charge on any atom is -0.482 e. The van der Waals surface area contributed by atoms with Gasteiger partial charge in [0.15, 0.2) is 6.61 Å². The number of carbonyl (C=O) groups excluding carboxylic acids is 1. The predicted octanol–water partition coefficient (Wildman–Crippen LogP) is 4.17. The molecule has 4 nitrogen and oxygen atoms in total. The van der Waals surface area contributed by atoms with Gasteiger partial charge in [-0.05, 0) is 28.7 Å². The minimum atomic E-state index is -0.350. The van der Waals surface area contributed by atoms with Crippen molar-refractivity contribution in [3.8, 4) is 5.75 Å². The Labute approximate surface area is 147 Å². The van der Waals surface area contributed by atoms with E-state index in [4.69, 9.17) is 16.3 Å². The second-order valence-electron chi connectivity index (χ2n) is 6.38. The van der Waals surface area contributed by atoms with E-state index in [0.717, 1.165) is 5.56 Å². The highest BCUT2D eigenvalue weighted by Gasteiger charge is 2.12. The fourth-order valence-electron chi connectivity index (χ4n) is 1.99. The molecule has 1 amide bonds. The molecule has 5 heteroatoms. The van der Waals surface area contributed by atoms with Crippen LogP contribution in [-0.4, -0.2) is 18.7 Å². The van der Waals surface area contributed by atoms with Gasteiger partial charge in [-0.25, -0.2) is 5.43 Å². The molecule has 0 aliphatic heterocycles. The second kappa shape index (κ2) is 7.97. The zero-order chi connectivity index (χ0) is 17.6. The second-order valence-corrected chi connectivity index (χ2v) is 6.79.